The summed E-state index contributed by atoms with van der Waals surface area (Å²) in [5.41, 5.74) is 0. The summed E-state index contributed by atoms with van der Waals surface area (Å²) in [6.07, 6.45) is -1.49. The van der Waals surface area contributed by atoms with Gasteiger partial charge in [0.05, 0.1) is 6.61 Å². The first-order valence-corrected chi connectivity index (χ1v) is 7.44. The Labute approximate surface area is 139 Å². The maximum absolute atomic E-state index is 11.9. The van der Waals surface area contributed by atoms with E-state index in [9.17, 15) is 9.59 Å². The summed E-state index contributed by atoms with van der Waals surface area (Å²) in [5, 5.41) is 0. The van der Waals surface area contributed by atoms with Gasteiger partial charge in [0.15, 0.2) is 6.61 Å². The van der Waals surface area contributed by atoms with E-state index in [0.29, 0.717) is 11.5 Å². The van der Waals surface area contributed by atoms with Crippen molar-refractivity contribution in [2.24, 2.45) is 0 Å². The number of rotatable bonds is 8. The van der Waals surface area contributed by atoms with E-state index in [1.165, 1.54) is 0 Å². The van der Waals surface area contributed by atoms with Gasteiger partial charge < -0.3 is 18.9 Å². The maximum atomic E-state index is 11.9. The van der Waals surface area contributed by atoms with Crippen LogP contribution < -0.4 is 9.47 Å². The summed E-state index contributed by atoms with van der Waals surface area (Å²) >= 11 is 0. The summed E-state index contributed by atoms with van der Waals surface area (Å²) < 4.78 is 20.5. The lowest BCUT2D eigenvalue weighted by Crippen LogP contribution is -2.35. The number of benzene rings is 2. The van der Waals surface area contributed by atoms with Gasteiger partial charge in [-0.05, 0) is 31.2 Å². The van der Waals surface area contributed by atoms with E-state index in [1.54, 1.807) is 61.5 Å². The minimum absolute atomic E-state index is 0.144. The highest BCUT2D eigenvalue weighted by molar-refractivity contribution is 5.79. The van der Waals surface area contributed by atoms with Crippen molar-refractivity contribution in [2.75, 3.05) is 13.2 Å². The number of esters is 2. The molecule has 0 spiro atoms. The average molecular weight is 330 g/mol. The number of carbonyl (C=O) groups is 2. The van der Waals surface area contributed by atoms with Crippen LogP contribution in [-0.4, -0.2) is 31.4 Å². The summed E-state index contributed by atoms with van der Waals surface area (Å²) in [5.74, 6) is -0.624. The quantitative estimate of drug-likeness (QED) is 0.547. The predicted molar refractivity (Wildman–Crippen MR) is 85.5 cm³/mol. The van der Waals surface area contributed by atoms with E-state index in [0.717, 1.165) is 0 Å². The van der Waals surface area contributed by atoms with Crippen molar-refractivity contribution in [3.8, 4) is 11.5 Å². The van der Waals surface area contributed by atoms with Crippen molar-refractivity contribution in [3.05, 3.63) is 60.7 Å². The Bertz CT molecular complexity index is 641. The summed E-state index contributed by atoms with van der Waals surface area (Å²) in [4.78, 5) is 23.8. The minimum atomic E-state index is -1.49. The molecule has 1 atom stereocenters. The average Bonchev–Trinajstić information content (AvgIpc) is 2.61. The molecule has 0 heterocycles. The van der Waals surface area contributed by atoms with E-state index < -0.39 is 18.2 Å². The Balaban J connectivity index is 1.93. The second-order valence-electron chi connectivity index (χ2n) is 4.61. The van der Waals surface area contributed by atoms with Crippen molar-refractivity contribution in [1.82, 2.24) is 0 Å². The second kappa shape index (κ2) is 9.19. The van der Waals surface area contributed by atoms with Gasteiger partial charge in [0, 0.05) is 0 Å². The van der Waals surface area contributed by atoms with Gasteiger partial charge in [0.25, 0.3) is 0 Å². The number of ether oxygens (including phenoxy) is 4. The van der Waals surface area contributed by atoms with Gasteiger partial charge >= 0.3 is 18.2 Å². The molecule has 0 aromatic heterocycles. The maximum Gasteiger partial charge on any atom is 0.389 e. The highest BCUT2D eigenvalue weighted by Gasteiger charge is 2.26. The normalized spacial score (nSPS) is 11.2. The topological polar surface area (TPSA) is 71.1 Å². The first kappa shape index (κ1) is 17.3. The molecule has 0 radical (unpaired) electrons. The Morgan fingerprint density at radius 2 is 1.50 bits per heavy atom. The molecule has 2 aromatic rings. The Morgan fingerprint density at radius 1 is 0.917 bits per heavy atom. The van der Waals surface area contributed by atoms with Crippen LogP contribution in [0.4, 0.5) is 0 Å². The van der Waals surface area contributed by atoms with Crippen LogP contribution in [0.5, 0.6) is 11.5 Å². The third kappa shape index (κ3) is 5.64. The SMILES string of the molecule is CCOC(=O)C(OC(=O)COc1ccccc1)Oc1ccccc1. The monoisotopic (exact) mass is 330 g/mol. The number of carbonyl (C=O) groups excluding carboxylic acids is 2. The van der Waals surface area contributed by atoms with Gasteiger partial charge in [-0.2, -0.15) is 0 Å². The summed E-state index contributed by atoms with van der Waals surface area (Å²) in [7, 11) is 0. The largest absolute Gasteiger partial charge is 0.482 e. The Morgan fingerprint density at radius 3 is 2.08 bits per heavy atom. The molecule has 0 N–H and O–H groups in total. The van der Waals surface area contributed by atoms with E-state index >= 15 is 0 Å². The van der Waals surface area contributed by atoms with Gasteiger partial charge in [0.1, 0.15) is 11.5 Å². The molecule has 1 unspecified atom stereocenters. The van der Waals surface area contributed by atoms with E-state index in [4.69, 9.17) is 18.9 Å². The molecule has 0 aliphatic carbocycles. The fraction of sp³-hybridized carbons (Fsp3) is 0.222. The van der Waals surface area contributed by atoms with E-state index in [1.807, 2.05) is 6.07 Å². The lowest BCUT2D eigenvalue weighted by Gasteiger charge is -2.17. The number of hydrogen-bond donors (Lipinski definition) is 0. The lowest BCUT2D eigenvalue weighted by atomic mass is 10.3. The fourth-order valence-electron chi connectivity index (χ4n) is 1.77. The molecule has 24 heavy (non-hydrogen) atoms. The lowest BCUT2D eigenvalue weighted by molar-refractivity contribution is -0.187. The Kier molecular flexibility index (Phi) is 6.64. The summed E-state index contributed by atoms with van der Waals surface area (Å²) in [6, 6.07) is 17.3. The van der Waals surface area contributed by atoms with Gasteiger partial charge in [-0.1, -0.05) is 36.4 Å². The van der Waals surface area contributed by atoms with Crippen LogP contribution in [0.1, 0.15) is 6.92 Å². The van der Waals surface area contributed by atoms with Crippen molar-refractivity contribution in [2.45, 2.75) is 13.2 Å². The van der Waals surface area contributed by atoms with Crippen LogP contribution in [-0.2, 0) is 19.1 Å². The highest BCUT2D eigenvalue weighted by Crippen LogP contribution is 2.13. The molecule has 0 saturated heterocycles. The second-order valence-corrected chi connectivity index (χ2v) is 4.61. The molecule has 126 valence electrons. The molecule has 2 aromatic carbocycles. The van der Waals surface area contributed by atoms with Crippen LogP contribution in [0.2, 0.25) is 0 Å². The summed E-state index contributed by atoms with van der Waals surface area (Å²) in [6.45, 7) is 1.45. The zero-order valence-corrected chi connectivity index (χ0v) is 13.2. The van der Waals surface area contributed by atoms with Crippen molar-refractivity contribution >= 4 is 11.9 Å². The highest BCUT2D eigenvalue weighted by atomic mass is 16.7. The van der Waals surface area contributed by atoms with Gasteiger partial charge in [-0.25, -0.2) is 9.59 Å². The predicted octanol–water partition coefficient (Wildman–Crippen LogP) is 2.58. The zero-order chi connectivity index (χ0) is 17.2. The molecule has 0 amide bonds. The number of para-hydroxylation sites is 2. The smallest absolute Gasteiger partial charge is 0.389 e. The zero-order valence-electron chi connectivity index (χ0n) is 13.2. The van der Waals surface area contributed by atoms with Gasteiger partial charge in [-0.3, -0.25) is 0 Å². The van der Waals surface area contributed by atoms with Gasteiger partial charge in [-0.15, -0.1) is 0 Å². The van der Waals surface area contributed by atoms with Crippen molar-refractivity contribution in [3.63, 3.8) is 0 Å². The molecule has 2 rings (SSSR count). The van der Waals surface area contributed by atoms with Crippen LogP contribution in [0, 0.1) is 0 Å². The van der Waals surface area contributed by atoms with E-state index in [-0.39, 0.29) is 13.2 Å². The molecule has 0 aliphatic rings. The molecular formula is C18H18O6. The van der Waals surface area contributed by atoms with Crippen LogP contribution in [0.3, 0.4) is 0 Å². The van der Waals surface area contributed by atoms with Crippen LogP contribution in [0.25, 0.3) is 0 Å². The number of hydrogen-bond acceptors (Lipinski definition) is 6. The van der Waals surface area contributed by atoms with Crippen molar-refractivity contribution in [1.29, 1.82) is 0 Å². The molecule has 6 heteroatoms. The third-order valence-corrected chi connectivity index (χ3v) is 2.80. The van der Waals surface area contributed by atoms with Crippen LogP contribution >= 0.6 is 0 Å². The minimum Gasteiger partial charge on any atom is -0.482 e. The van der Waals surface area contributed by atoms with Crippen LogP contribution in [0.15, 0.2) is 60.7 Å². The van der Waals surface area contributed by atoms with Crippen molar-refractivity contribution < 1.29 is 28.5 Å². The van der Waals surface area contributed by atoms with Gasteiger partial charge in [0.2, 0.25) is 0 Å². The third-order valence-electron chi connectivity index (χ3n) is 2.80. The molecular weight excluding hydrogens is 312 g/mol. The molecule has 0 aliphatic heterocycles. The first-order chi connectivity index (χ1) is 11.7. The molecule has 0 fully saturated rings. The molecule has 0 bridgehead atoms. The Hall–Kier alpha value is -3.02. The van der Waals surface area contributed by atoms with E-state index in [2.05, 4.69) is 0 Å². The fourth-order valence-corrected chi connectivity index (χ4v) is 1.77. The first-order valence-electron chi connectivity index (χ1n) is 7.44. The standard InChI is InChI=1S/C18H18O6/c1-2-21-17(20)18(23-15-11-7-4-8-12-15)24-16(19)13-22-14-9-5-3-6-10-14/h3-12,18H,2,13H2,1H3. The molecule has 0 saturated carbocycles. The molecule has 6 nitrogen and oxygen atoms in total.